The van der Waals surface area contributed by atoms with Gasteiger partial charge in [0.15, 0.2) is 0 Å². The molecule has 0 saturated carbocycles. The molecule has 0 spiro atoms. The third-order valence-corrected chi connectivity index (χ3v) is 1.86. The molecule has 1 heterocycles. The lowest BCUT2D eigenvalue weighted by Crippen LogP contribution is -2.18. The summed E-state index contributed by atoms with van der Waals surface area (Å²) in [7, 11) is 0. The molecule has 3 nitrogen and oxygen atoms in total. The van der Waals surface area contributed by atoms with Crippen molar-refractivity contribution >= 4 is 17.9 Å². The minimum atomic E-state index is -1.01. The van der Waals surface area contributed by atoms with E-state index >= 15 is 0 Å². The molecule has 1 aliphatic heterocycles. The van der Waals surface area contributed by atoms with Crippen molar-refractivity contribution in [1.82, 2.24) is 5.32 Å². The summed E-state index contributed by atoms with van der Waals surface area (Å²) >= 11 is 1.47. The SMILES string of the molecule is O=C(O)NC1=CC=CCS1. The first-order valence-electron chi connectivity index (χ1n) is 2.78. The van der Waals surface area contributed by atoms with E-state index in [2.05, 4.69) is 5.32 Å². The first kappa shape index (κ1) is 7.21. The van der Waals surface area contributed by atoms with Gasteiger partial charge < -0.3 is 5.11 Å². The molecule has 0 radical (unpaired) electrons. The Bertz CT molecular complexity index is 198. The van der Waals surface area contributed by atoms with Crippen molar-refractivity contribution in [3.63, 3.8) is 0 Å². The number of nitrogens with one attached hydrogen (secondary N) is 1. The largest absolute Gasteiger partial charge is 0.465 e. The summed E-state index contributed by atoms with van der Waals surface area (Å²) in [5.74, 6) is 0.839. The Morgan fingerprint density at radius 2 is 2.60 bits per heavy atom. The van der Waals surface area contributed by atoms with Crippen molar-refractivity contribution in [3.05, 3.63) is 23.3 Å². The van der Waals surface area contributed by atoms with Crippen LogP contribution in [0.3, 0.4) is 0 Å². The molecule has 4 heteroatoms. The highest BCUT2D eigenvalue weighted by atomic mass is 32.2. The van der Waals surface area contributed by atoms with E-state index in [1.54, 1.807) is 6.08 Å². The first-order chi connectivity index (χ1) is 4.79. The van der Waals surface area contributed by atoms with Crippen molar-refractivity contribution in [1.29, 1.82) is 0 Å². The normalized spacial score (nSPS) is 16.2. The zero-order valence-corrected chi connectivity index (χ0v) is 6.02. The van der Waals surface area contributed by atoms with Crippen LogP contribution in [-0.4, -0.2) is 17.0 Å². The molecule has 0 bridgehead atoms. The molecule has 0 saturated heterocycles. The van der Waals surface area contributed by atoms with Gasteiger partial charge in [-0.3, -0.25) is 5.32 Å². The number of allylic oxidation sites excluding steroid dienone is 2. The van der Waals surface area contributed by atoms with E-state index in [4.69, 9.17) is 5.11 Å². The number of carbonyl (C=O) groups is 1. The van der Waals surface area contributed by atoms with Gasteiger partial charge in [-0.25, -0.2) is 4.79 Å². The van der Waals surface area contributed by atoms with Gasteiger partial charge in [0, 0.05) is 5.75 Å². The Balaban J connectivity index is 2.47. The Hall–Kier alpha value is -0.900. The predicted molar refractivity (Wildman–Crippen MR) is 40.8 cm³/mol. The molecule has 0 atom stereocenters. The zero-order valence-electron chi connectivity index (χ0n) is 5.20. The van der Waals surface area contributed by atoms with Crippen molar-refractivity contribution in [3.8, 4) is 0 Å². The van der Waals surface area contributed by atoms with Crippen LogP contribution in [0.25, 0.3) is 0 Å². The molecule has 0 aromatic heterocycles. The van der Waals surface area contributed by atoms with Crippen LogP contribution in [0.4, 0.5) is 4.79 Å². The van der Waals surface area contributed by atoms with Crippen LogP contribution in [-0.2, 0) is 0 Å². The molecule has 54 valence electrons. The lowest BCUT2D eigenvalue weighted by atomic mass is 10.5. The van der Waals surface area contributed by atoms with E-state index in [-0.39, 0.29) is 0 Å². The van der Waals surface area contributed by atoms with Gasteiger partial charge in [0.05, 0.1) is 5.03 Å². The van der Waals surface area contributed by atoms with Crippen LogP contribution in [0, 0.1) is 0 Å². The molecule has 0 unspecified atom stereocenters. The number of hydrogen-bond acceptors (Lipinski definition) is 2. The lowest BCUT2D eigenvalue weighted by Gasteiger charge is -2.05. The van der Waals surface area contributed by atoms with Gasteiger partial charge in [-0.15, -0.1) is 11.8 Å². The fourth-order valence-electron chi connectivity index (χ4n) is 0.580. The summed E-state index contributed by atoms with van der Waals surface area (Å²) in [5.41, 5.74) is 0. The Kier molecular flexibility index (Phi) is 2.39. The molecular weight excluding hydrogens is 150 g/mol. The Labute approximate surface area is 62.8 Å². The molecule has 2 N–H and O–H groups in total. The van der Waals surface area contributed by atoms with E-state index in [9.17, 15) is 4.79 Å². The average molecular weight is 157 g/mol. The molecule has 1 amide bonds. The predicted octanol–water partition coefficient (Wildman–Crippen LogP) is 1.40. The summed E-state index contributed by atoms with van der Waals surface area (Å²) < 4.78 is 0. The van der Waals surface area contributed by atoms with E-state index in [1.807, 2.05) is 12.2 Å². The highest BCUT2D eigenvalue weighted by molar-refractivity contribution is 8.03. The molecule has 0 aromatic carbocycles. The Morgan fingerprint density at radius 1 is 1.80 bits per heavy atom. The van der Waals surface area contributed by atoms with Crippen LogP contribution in [0.1, 0.15) is 0 Å². The molecule has 0 aliphatic carbocycles. The monoisotopic (exact) mass is 157 g/mol. The summed E-state index contributed by atoms with van der Waals surface area (Å²) in [6.45, 7) is 0. The molecule has 1 rings (SSSR count). The number of carboxylic acid groups (broad SMARTS) is 1. The fraction of sp³-hybridized carbons (Fsp3) is 0.167. The van der Waals surface area contributed by atoms with Gasteiger partial charge in [0.2, 0.25) is 0 Å². The summed E-state index contributed by atoms with van der Waals surface area (Å²) in [5, 5.41) is 11.2. The van der Waals surface area contributed by atoms with Crippen molar-refractivity contribution in [2.24, 2.45) is 0 Å². The molecule has 0 fully saturated rings. The zero-order chi connectivity index (χ0) is 7.40. The topological polar surface area (TPSA) is 49.3 Å². The van der Waals surface area contributed by atoms with Crippen LogP contribution in [0.2, 0.25) is 0 Å². The molecule has 10 heavy (non-hydrogen) atoms. The maximum Gasteiger partial charge on any atom is 0.409 e. The van der Waals surface area contributed by atoms with Gasteiger partial charge in [-0.2, -0.15) is 0 Å². The summed E-state index contributed by atoms with van der Waals surface area (Å²) in [6.07, 6.45) is 4.54. The quantitative estimate of drug-likeness (QED) is 0.604. The second kappa shape index (κ2) is 3.31. The number of thioether (sulfide) groups is 1. The van der Waals surface area contributed by atoms with Gasteiger partial charge >= 0.3 is 6.09 Å². The fourth-order valence-corrected chi connectivity index (χ4v) is 1.30. The first-order valence-corrected chi connectivity index (χ1v) is 3.77. The standard InChI is InChI=1S/C6H7NO2S/c8-6(9)7-5-3-1-2-4-10-5/h1-3,7H,4H2,(H,8,9). The van der Waals surface area contributed by atoms with Gasteiger partial charge in [-0.1, -0.05) is 12.2 Å². The third-order valence-electron chi connectivity index (χ3n) is 0.949. The minimum Gasteiger partial charge on any atom is -0.465 e. The maximum atomic E-state index is 10.1. The molecular formula is C6H7NO2S. The number of amides is 1. The van der Waals surface area contributed by atoms with E-state index in [1.165, 1.54) is 11.8 Å². The summed E-state index contributed by atoms with van der Waals surface area (Å²) in [6, 6.07) is 0. The lowest BCUT2D eigenvalue weighted by molar-refractivity contribution is 0.198. The smallest absolute Gasteiger partial charge is 0.409 e. The van der Waals surface area contributed by atoms with Crippen LogP contribution < -0.4 is 5.32 Å². The van der Waals surface area contributed by atoms with E-state index < -0.39 is 6.09 Å². The second-order valence-corrected chi connectivity index (χ2v) is 2.76. The number of rotatable bonds is 1. The highest BCUT2D eigenvalue weighted by Gasteiger charge is 2.01. The van der Waals surface area contributed by atoms with Gasteiger partial charge in [0.25, 0.3) is 0 Å². The highest BCUT2D eigenvalue weighted by Crippen LogP contribution is 2.16. The summed E-state index contributed by atoms with van der Waals surface area (Å²) in [4.78, 5) is 10.1. The van der Waals surface area contributed by atoms with E-state index in [0.29, 0.717) is 5.03 Å². The van der Waals surface area contributed by atoms with Gasteiger partial charge in [0.1, 0.15) is 0 Å². The van der Waals surface area contributed by atoms with E-state index in [0.717, 1.165) is 5.75 Å². The average Bonchev–Trinajstić information content (AvgIpc) is 1.88. The van der Waals surface area contributed by atoms with Crippen molar-refractivity contribution < 1.29 is 9.90 Å². The second-order valence-electron chi connectivity index (χ2n) is 1.70. The minimum absolute atomic E-state index is 0.690. The van der Waals surface area contributed by atoms with Crippen LogP contribution in [0.15, 0.2) is 23.3 Å². The van der Waals surface area contributed by atoms with Crippen LogP contribution >= 0.6 is 11.8 Å². The maximum absolute atomic E-state index is 10.1. The van der Waals surface area contributed by atoms with Crippen molar-refractivity contribution in [2.75, 3.05) is 5.75 Å². The number of hydrogen-bond donors (Lipinski definition) is 2. The van der Waals surface area contributed by atoms with Gasteiger partial charge in [-0.05, 0) is 6.08 Å². The van der Waals surface area contributed by atoms with Crippen LogP contribution in [0.5, 0.6) is 0 Å². The molecule has 0 aromatic rings. The van der Waals surface area contributed by atoms with Crippen molar-refractivity contribution in [2.45, 2.75) is 0 Å². The third kappa shape index (κ3) is 2.14. The Morgan fingerprint density at radius 3 is 3.10 bits per heavy atom. The molecule has 1 aliphatic rings.